The summed E-state index contributed by atoms with van der Waals surface area (Å²) in [5.74, 6) is 0.0117. The van der Waals surface area contributed by atoms with Crippen LogP contribution < -0.4 is 11.4 Å². The molecule has 4 N–H and O–H groups in total. The average molecular weight is 440 g/mol. The summed E-state index contributed by atoms with van der Waals surface area (Å²) in [4.78, 5) is 19.5. The van der Waals surface area contributed by atoms with Gasteiger partial charge in [-0.25, -0.2) is 9.36 Å². The quantitative estimate of drug-likeness (QED) is 0.541. The van der Waals surface area contributed by atoms with E-state index in [1.165, 1.54) is 12.3 Å². The zero-order valence-corrected chi connectivity index (χ0v) is 16.6. The predicted molar refractivity (Wildman–Crippen MR) is 101 cm³/mol. The Kier molecular flexibility index (Phi) is 5.98. The van der Waals surface area contributed by atoms with Crippen LogP contribution >= 0.6 is 7.82 Å². The molecule has 30 heavy (non-hydrogen) atoms. The smallest absolute Gasteiger partial charge is 0.387 e. The van der Waals surface area contributed by atoms with Crippen molar-refractivity contribution in [2.75, 3.05) is 18.9 Å². The number of phosphoric acid groups is 1. The molecule has 1 unspecified atom stereocenters. The predicted octanol–water partition coefficient (Wildman–Crippen LogP) is 0.143. The van der Waals surface area contributed by atoms with Crippen molar-refractivity contribution in [3.05, 3.63) is 52.8 Å². The molecule has 0 bridgehead atoms. The largest absolute Gasteiger partial charge is 0.475 e. The maximum Gasteiger partial charge on any atom is 0.475 e. The number of aliphatic hydroxyl groups excluding tert-OH is 2. The Balaban J connectivity index is 1.42. The van der Waals surface area contributed by atoms with Crippen LogP contribution in [0.15, 0.2) is 41.6 Å². The number of aliphatic hydroxyl groups is 2. The summed E-state index contributed by atoms with van der Waals surface area (Å²) in [6.45, 7) is -0.248. The first-order valence-corrected chi connectivity index (χ1v) is 10.7. The summed E-state index contributed by atoms with van der Waals surface area (Å²) in [5, 5.41) is 20.6. The lowest BCUT2D eigenvalue weighted by molar-refractivity contribution is -0.0609. The first-order chi connectivity index (χ1) is 14.4. The molecule has 2 saturated heterocycles. The number of hydrogen-bond donors (Lipinski definition) is 3. The highest BCUT2D eigenvalue weighted by Crippen LogP contribution is 2.57. The fraction of sp³-hybridized carbons (Fsp3) is 0.471. The Labute approximate surface area is 170 Å². The second-order valence-electron chi connectivity index (χ2n) is 6.83. The van der Waals surface area contributed by atoms with Crippen molar-refractivity contribution in [3.63, 3.8) is 0 Å². The lowest BCUT2D eigenvalue weighted by Gasteiger charge is -2.29. The van der Waals surface area contributed by atoms with E-state index in [0.29, 0.717) is 6.42 Å². The van der Waals surface area contributed by atoms with E-state index in [0.717, 1.165) is 10.1 Å². The summed E-state index contributed by atoms with van der Waals surface area (Å²) < 4.78 is 35.5. The molecule has 0 saturated carbocycles. The molecule has 12 nitrogen and oxygen atoms in total. The minimum absolute atomic E-state index is 0.0117. The molecule has 0 amide bonds. The van der Waals surface area contributed by atoms with Crippen LogP contribution in [0.5, 0.6) is 0 Å². The highest BCUT2D eigenvalue weighted by Gasteiger charge is 2.46. The van der Waals surface area contributed by atoms with Gasteiger partial charge in [0, 0.05) is 25.0 Å². The third kappa shape index (κ3) is 4.30. The van der Waals surface area contributed by atoms with Gasteiger partial charge >= 0.3 is 13.5 Å². The summed E-state index contributed by atoms with van der Waals surface area (Å²) >= 11 is 0. The maximum atomic E-state index is 12.8. The number of nitrogens with zero attached hydrogens (tertiary/aromatic N) is 3. The van der Waals surface area contributed by atoms with Crippen LogP contribution in [0, 0.1) is 0 Å². The van der Waals surface area contributed by atoms with Crippen molar-refractivity contribution in [3.8, 4) is 0 Å². The molecule has 2 aromatic rings. The van der Waals surface area contributed by atoms with E-state index < -0.39 is 50.8 Å². The van der Waals surface area contributed by atoms with Gasteiger partial charge in [-0.1, -0.05) is 0 Å². The Morgan fingerprint density at radius 2 is 2.03 bits per heavy atom. The van der Waals surface area contributed by atoms with E-state index in [1.54, 1.807) is 24.5 Å². The molecule has 2 fully saturated rings. The Morgan fingerprint density at radius 3 is 2.77 bits per heavy atom. The standard InChI is InChI=1S/C17H21N4O8P/c18-13-3-7-21(17(24)20-13)16-15(23)14(22)12(28-16)9-27-30(25)26-8-4-11(29-30)10-1-5-19-6-2-10/h1-3,5-7,11-12,14-16,22-23H,4,8-9H2,(H2,18,20,24)/t11-,12-,14-,15+,16-,30?/m1/s1. The van der Waals surface area contributed by atoms with Crippen molar-refractivity contribution in [2.45, 2.75) is 37.1 Å². The molecular weight excluding hydrogens is 419 g/mol. The van der Waals surface area contributed by atoms with Gasteiger partial charge in [0.25, 0.3) is 0 Å². The maximum absolute atomic E-state index is 12.8. The third-order valence-corrected chi connectivity index (χ3v) is 6.30. The van der Waals surface area contributed by atoms with Crippen molar-refractivity contribution >= 4 is 13.6 Å². The van der Waals surface area contributed by atoms with Gasteiger partial charge in [0.05, 0.1) is 19.3 Å². The number of ether oxygens (including phenoxy) is 1. The van der Waals surface area contributed by atoms with E-state index in [1.807, 2.05) is 0 Å². The van der Waals surface area contributed by atoms with Gasteiger partial charge in [0.1, 0.15) is 24.1 Å². The summed E-state index contributed by atoms with van der Waals surface area (Å²) in [7, 11) is -3.93. The minimum atomic E-state index is -3.93. The van der Waals surface area contributed by atoms with Crippen LogP contribution in [0.2, 0.25) is 0 Å². The van der Waals surface area contributed by atoms with E-state index in [-0.39, 0.29) is 12.4 Å². The number of hydrogen-bond acceptors (Lipinski definition) is 11. The number of nitrogens with two attached hydrogens (primary N) is 1. The summed E-state index contributed by atoms with van der Waals surface area (Å²) in [6, 6.07) is 4.84. The molecule has 13 heteroatoms. The normalized spacial score (nSPS) is 34.1. The highest BCUT2D eigenvalue weighted by atomic mass is 31.2. The van der Waals surface area contributed by atoms with Gasteiger partial charge in [-0.15, -0.1) is 0 Å². The SMILES string of the molecule is Nc1ccn([C@@H]2O[C@H](COP3(=O)OCC[C@H](c4ccncc4)O3)[C@@H](O)[C@@H]2O)c(=O)n1. The molecule has 0 aromatic carbocycles. The number of rotatable bonds is 5. The monoisotopic (exact) mass is 440 g/mol. The second kappa shape index (κ2) is 8.52. The van der Waals surface area contributed by atoms with E-state index in [9.17, 15) is 19.6 Å². The van der Waals surface area contributed by atoms with Gasteiger partial charge in [0.2, 0.25) is 0 Å². The number of anilines is 1. The Bertz CT molecular complexity index is 989. The topological polar surface area (TPSA) is 168 Å². The molecule has 0 radical (unpaired) electrons. The van der Waals surface area contributed by atoms with Gasteiger partial charge in [-0.05, 0) is 23.8 Å². The molecule has 6 atom stereocenters. The molecule has 4 rings (SSSR count). The van der Waals surface area contributed by atoms with Gasteiger partial charge in [-0.2, -0.15) is 4.98 Å². The first kappa shape index (κ1) is 21.1. The van der Waals surface area contributed by atoms with Crippen LogP contribution in [0.1, 0.15) is 24.3 Å². The Hall–Kier alpha value is -2.18. The lowest BCUT2D eigenvalue weighted by atomic mass is 10.1. The van der Waals surface area contributed by atoms with Crippen molar-refractivity contribution in [1.82, 2.24) is 14.5 Å². The first-order valence-electron chi connectivity index (χ1n) is 9.20. The van der Waals surface area contributed by atoms with Crippen LogP contribution in [0.3, 0.4) is 0 Å². The molecule has 0 spiro atoms. The van der Waals surface area contributed by atoms with Crippen molar-refractivity contribution < 1.29 is 33.1 Å². The van der Waals surface area contributed by atoms with Crippen molar-refractivity contribution in [2.24, 2.45) is 0 Å². The van der Waals surface area contributed by atoms with Crippen LogP contribution in [-0.2, 0) is 22.9 Å². The number of pyridine rings is 1. The molecule has 2 aromatic heterocycles. The van der Waals surface area contributed by atoms with E-state index in [2.05, 4.69) is 9.97 Å². The number of nitrogen functional groups attached to an aromatic ring is 1. The zero-order valence-electron chi connectivity index (χ0n) is 15.7. The van der Waals surface area contributed by atoms with Gasteiger partial charge in [-0.3, -0.25) is 23.1 Å². The highest BCUT2D eigenvalue weighted by molar-refractivity contribution is 7.48. The van der Waals surface area contributed by atoms with Crippen LogP contribution in [0.25, 0.3) is 0 Å². The average Bonchev–Trinajstić information content (AvgIpc) is 3.01. The molecule has 0 aliphatic carbocycles. The number of phosphoric ester groups is 1. The molecule has 2 aliphatic rings. The molecular formula is C17H21N4O8P. The van der Waals surface area contributed by atoms with E-state index in [4.69, 9.17) is 24.0 Å². The minimum Gasteiger partial charge on any atom is -0.387 e. The van der Waals surface area contributed by atoms with Crippen molar-refractivity contribution in [1.29, 1.82) is 0 Å². The molecule has 2 aliphatic heterocycles. The second-order valence-corrected chi connectivity index (χ2v) is 8.45. The lowest BCUT2D eigenvalue weighted by Crippen LogP contribution is -2.36. The van der Waals surface area contributed by atoms with E-state index >= 15 is 0 Å². The zero-order chi connectivity index (χ0) is 21.3. The fourth-order valence-electron chi connectivity index (χ4n) is 3.26. The van der Waals surface area contributed by atoms with Gasteiger partial charge < -0.3 is 20.7 Å². The fourth-order valence-corrected chi connectivity index (χ4v) is 4.66. The third-order valence-electron chi connectivity index (χ3n) is 4.82. The Morgan fingerprint density at radius 1 is 1.27 bits per heavy atom. The summed E-state index contributed by atoms with van der Waals surface area (Å²) in [5.41, 5.74) is 5.48. The summed E-state index contributed by atoms with van der Waals surface area (Å²) in [6.07, 6.45) is -0.693. The van der Waals surface area contributed by atoms with Crippen LogP contribution in [0.4, 0.5) is 5.82 Å². The van der Waals surface area contributed by atoms with Crippen LogP contribution in [-0.4, -0.2) is 56.3 Å². The molecule has 162 valence electrons. The number of aromatic nitrogens is 3. The molecule has 4 heterocycles. The van der Waals surface area contributed by atoms with Gasteiger partial charge in [0.15, 0.2) is 6.23 Å².